The van der Waals surface area contributed by atoms with Crippen molar-refractivity contribution in [3.05, 3.63) is 32.8 Å². The molecule has 0 aliphatic heterocycles. The van der Waals surface area contributed by atoms with Crippen LogP contribution in [-0.2, 0) is 0 Å². The minimum Gasteiger partial charge on any atom is -0.358 e. The zero-order valence-electron chi connectivity index (χ0n) is 10.1. The highest BCUT2D eigenvalue weighted by Gasteiger charge is 2.22. The molecule has 0 heterocycles. The van der Waals surface area contributed by atoms with E-state index < -0.39 is 10.7 Å². The third kappa shape index (κ3) is 4.65. The SMILES string of the molecule is C=C(C)N(CC(C)(C)C)/C(Br)=C(\N)[N+](=O)[O-]. The lowest BCUT2D eigenvalue weighted by atomic mass is 9.96. The first-order valence-electron chi connectivity index (χ1n) is 4.79. The number of nitro groups is 1. The summed E-state index contributed by atoms with van der Waals surface area (Å²) < 4.78 is 0.250. The third-order valence-electron chi connectivity index (χ3n) is 1.74. The van der Waals surface area contributed by atoms with Crippen LogP contribution in [-0.4, -0.2) is 16.4 Å². The van der Waals surface area contributed by atoms with Gasteiger partial charge in [0.1, 0.15) is 0 Å². The Morgan fingerprint density at radius 1 is 1.56 bits per heavy atom. The van der Waals surface area contributed by atoms with E-state index in [1.807, 2.05) is 20.8 Å². The first-order valence-corrected chi connectivity index (χ1v) is 5.58. The summed E-state index contributed by atoms with van der Waals surface area (Å²) in [6, 6.07) is 0. The van der Waals surface area contributed by atoms with E-state index in [9.17, 15) is 10.1 Å². The Hall–Kier alpha value is -1.04. The molecule has 0 aromatic heterocycles. The summed E-state index contributed by atoms with van der Waals surface area (Å²) in [4.78, 5) is 11.6. The molecule has 0 saturated heterocycles. The Bertz CT molecular complexity index is 331. The Kier molecular flexibility index (Phi) is 4.99. The summed E-state index contributed by atoms with van der Waals surface area (Å²) >= 11 is 3.14. The smallest absolute Gasteiger partial charge is 0.345 e. The van der Waals surface area contributed by atoms with Crippen LogP contribution in [0.2, 0.25) is 0 Å². The van der Waals surface area contributed by atoms with Crippen molar-refractivity contribution < 1.29 is 4.92 Å². The predicted molar refractivity (Wildman–Crippen MR) is 68.1 cm³/mol. The summed E-state index contributed by atoms with van der Waals surface area (Å²) in [5.74, 6) is -0.410. The molecule has 2 N–H and O–H groups in total. The van der Waals surface area contributed by atoms with Crippen LogP contribution in [0.1, 0.15) is 27.7 Å². The molecule has 0 unspecified atom stereocenters. The van der Waals surface area contributed by atoms with E-state index in [2.05, 4.69) is 22.5 Å². The largest absolute Gasteiger partial charge is 0.358 e. The molecule has 0 bridgehead atoms. The molecule has 0 saturated carbocycles. The van der Waals surface area contributed by atoms with Gasteiger partial charge in [0, 0.05) is 12.2 Å². The van der Waals surface area contributed by atoms with Crippen molar-refractivity contribution in [3.63, 3.8) is 0 Å². The second kappa shape index (κ2) is 5.34. The quantitative estimate of drug-likeness (QED) is 0.491. The molecule has 0 aliphatic carbocycles. The number of allylic oxidation sites excluding steroid dienone is 1. The van der Waals surface area contributed by atoms with E-state index in [4.69, 9.17) is 5.73 Å². The Morgan fingerprint density at radius 2 is 2.00 bits per heavy atom. The van der Waals surface area contributed by atoms with Crippen LogP contribution in [0.25, 0.3) is 0 Å². The normalized spacial score (nSPS) is 13.1. The summed E-state index contributed by atoms with van der Waals surface area (Å²) in [7, 11) is 0. The van der Waals surface area contributed by atoms with Gasteiger partial charge in [-0.1, -0.05) is 27.4 Å². The van der Waals surface area contributed by atoms with Gasteiger partial charge < -0.3 is 15.0 Å². The topological polar surface area (TPSA) is 72.4 Å². The molecule has 0 aliphatic rings. The van der Waals surface area contributed by atoms with Crippen LogP contribution >= 0.6 is 15.9 Å². The minimum absolute atomic E-state index is 0.0190. The van der Waals surface area contributed by atoms with Crippen molar-refractivity contribution in [2.75, 3.05) is 6.54 Å². The highest BCUT2D eigenvalue weighted by Crippen LogP contribution is 2.25. The van der Waals surface area contributed by atoms with Gasteiger partial charge in [-0.3, -0.25) is 5.73 Å². The number of halogens is 1. The van der Waals surface area contributed by atoms with Crippen LogP contribution in [0.3, 0.4) is 0 Å². The first-order chi connectivity index (χ1) is 7.06. The molecule has 92 valence electrons. The maximum atomic E-state index is 10.6. The molecule has 0 fully saturated rings. The number of hydrogen-bond acceptors (Lipinski definition) is 4. The fourth-order valence-corrected chi connectivity index (χ4v) is 1.63. The molecule has 0 aromatic carbocycles. The standard InChI is InChI=1S/C10H18BrN3O2/c1-7(2)13(6-10(3,4)5)8(11)9(12)14(15)16/h1,6,12H2,2-5H3/b9-8+. The molecule has 6 heteroatoms. The molecular weight excluding hydrogens is 274 g/mol. The molecule has 16 heavy (non-hydrogen) atoms. The van der Waals surface area contributed by atoms with Crippen LogP contribution in [0, 0.1) is 15.5 Å². The molecular formula is C10H18BrN3O2. The van der Waals surface area contributed by atoms with E-state index in [0.717, 1.165) is 0 Å². The van der Waals surface area contributed by atoms with Gasteiger partial charge in [0.15, 0.2) is 4.61 Å². The van der Waals surface area contributed by atoms with Crippen LogP contribution in [0.15, 0.2) is 22.7 Å². The number of nitrogens with two attached hydrogens (primary N) is 1. The minimum atomic E-state index is -0.622. The van der Waals surface area contributed by atoms with Crippen molar-refractivity contribution in [2.24, 2.45) is 11.1 Å². The average molecular weight is 292 g/mol. The van der Waals surface area contributed by atoms with Crippen LogP contribution in [0.5, 0.6) is 0 Å². The lowest BCUT2D eigenvalue weighted by Crippen LogP contribution is -2.31. The number of rotatable bonds is 4. The van der Waals surface area contributed by atoms with Crippen molar-refractivity contribution in [1.29, 1.82) is 0 Å². The van der Waals surface area contributed by atoms with Gasteiger partial charge in [0.05, 0.1) is 0 Å². The molecule has 0 amide bonds. The number of hydrogen-bond donors (Lipinski definition) is 1. The first kappa shape index (κ1) is 15.0. The van der Waals surface area contributed by atoms with E-state index in [1.54, 1.807) is 11.8 Å². The maximum Gasteiger partial charge on any atom is 0.345 e. The lowest BCUT2D eigenvalue weighted by molar-refractivity contribution is -0.427. The van der Waals surface area contributed by atoms with Gasteiger partial charge in [-0.25, -0.2) is 0 Å². The van der Waals surface area contributed by atoms with Crippen molar-refractivity contribution in [1.82, 2.24) is 4.90 Å². The highest BCUT2D eigenvalue weighted by molar-refractivity contribution is 9.11. The molecule has 0 aromatic rings. The van der Waals surface area contributed by atoms with Crippen LogP contribution in [0.4, 0.5) is 0 Å². The van der Waals surface area contributed by atoms with E-state index in [-0.39, 0.29) is 10.0 Å². The monoisotopic (exact) mass is 291 g/mol. The van der Waals surface area contributed by atoms with Gasteiger partial charge in [-0.15, -0.1) is 0 Å². The molecule has 0 atom stereocenters. The van der Waals surface area contributed by atoms with Crippen molar-refractivity contribution in [3.8, 4) is 0 Å². The van der Waals surface area contributed by atoms with E-state index in [1.165, 1.54) is 0 Å². The van der Waals surface area contributed by atoms with Crippen LogP contribution < -0.4 is 5.73 Å². The fourth-order valence-electron chi connectivity index (χ4n) is 1.06. The molecule has 0 spiro atoms. The maximum absolute atomic E-state index is 10.6. The third-order valence-corrected chi connectivity index (χ3v) is 2.57. The summed E-state index contributed by atoms with van der Waals surface area (Å²) in [5.41, 5.74) is 6.05. The summed E-state index contributed by atoms with van der Waals surface area (Å²) in [6.07, 6.45) is 0. The summed E-state index contributed by atoms with van der Waals surface area (Å²) in [6.45, 7) is 12.3. The van der Waals surface area contributed by atoms with Crippen molar-refractivity contribution >= 4 is 15.9 Å². The zero-order chi connectivity index (χ0) is 13.1. The zero-order valence-corrected chi connectivity index (χ0v) is 11.7. The second-order valence-electron chi connectivity index (χ2n) is 4.82. The van der Waals surface area contributed by atoms with E-state index >= 15 is 0 Å². The fraction of sp³-hybridized carbons (Fsp3) is 0.600. The van der Waals surface area contributed by atoms with Gasteiger partial charge >= 0.3 is 5.82 Å². The van der Waals surface area contributed by atoms with Gasteiger partial charge in [0.25, 0.3) is 0 Å². The number of nitrogens with zero attached hydrogens (tertiary/aromatic N) is 2. The predicted octanol–water partition coefficient (Wildman–Crippen LogP) is 2.62. The Balaban J connectivity index is 5.16. The van der Waals surface area contributed by atoms with Gasteiger partial charge in [0.2, 0.25) is 0 Å². The Morgan fingerprint density at radius 3 is 2.25 bits per heavy atom. The molecule has 5 nitrogen and oxygen atoms in total. The van der Waals surface area contributed by atoms with Gasteiger partial charge in [-0.05, 0) is 33.2 Å². The van der Waals surface area contributed by atoms with E-state index in [0.29, 0.717) is 12.2 Å². The Labute approximate surface area is 104 Å². The second-order valence-corrected chi connectivity index (χ2v) is 5.57. The summed E-state index contributed by atoms with van der Waals surface area (Å²) in [5, 5.41) is 10.6. The van der Waals surface area contributed by atoms with Gasteiger partial charge in [-0.2, -0.15) is 0 Å². The molecule has 0 rings (SSSR count). The molecule has 0 radical (unpaired) electrons. The average Bonchev–Trinajstić information content (AvgIpc) is 2.09. The lowest BCUT2D eigenvalue weighted by Gasteiger charge is -2.30. The highest BCUT2D eigenvalue weighted by atomic mass is 79.9. The van der Waals surface area contributed by atoms with Crippen molar-refractivity contribution in [2.45, 2.75) is 27.7 Å².